The molecule has 1 heterocycles. The highest BCUT2D eigenvalue weighted by Crippen LogP contribution is 2.35. The lowest BCUT2D eigenvalue weighted by atomic mass is 10.0. The predicted octanol–water partition coefficient (Wildman–Crippen LogP) is 5.81. The average Bonchev–Trinajstić information content (AvgIpc) is 3.04. The molecule has 1 N–H and O–H groups in total. The van der Waals surface area contributed by atoms with E-state index in [0.717, 1.165) is 22.4 Å². The molecule has 4 rings (SSSR count). The Hall–Kier alpha value is -3.24. The Morgan fingerprint density at radius 3 is 2.59 bits per heavy atom. The number of carbonyl (C=O) groups is 1. The Labute approximate surface area is 174 Å². The van der Waals surface area contributed by atoms with E-state index >= 15 is 0 Å². The minimum Gasteiger partial charge on any atom is -0.490 e. The van der Waals surface area contributed by atoms with E-state index in [0.29, 0.717) is 35.3 Å². The minimum atomic E-state index is -0.108. The van der Waals surface area contributed by atoms with E-state index in [-0.39, 0.29) is 5.91 Å². The summed E-state index contributed by atoms with van der Waals surface area (Å²) >= 11 is 6.21. The molecule has 0 bridgehead atoms. The van der Waals surface area contributed by atoms with Crippen molar-refractivity contribution in [3.63, 3.8) is 0 Å². The third-order valence-electron chi connectivity index (χ3n) is 4.63. The molecule has 0 saturated carbocycles. The highest BCUT2D eigenvalue weighted by Gasteiger charge is 2.23. The fraction of sp³-hybridized carbons (Fsp3) is 0.125. The van der Waals surface area contributed by atoms with Crippen molar-refractivity contribution in [3.8, 4) is 11.5 Å². The van der Waals surface area contributed by atoms with Gasteiger partial charge in [-0.2, -0.15) is 0 Å². The van der Waals surface area contributed by atoms with Crippen LogP contribution in [0.1, 0.15) is 23.6 Å². The first kappa shape index (κ1) is 19.1. The molecule has 0 aliphatic carbocycles. The van der Waals surface area contributed by atoms with Crippen molar-refractivity contribution in [3.05, 3.63) is 88.4 Å². The minimum absolute atomic E-state index is 0.108. The molecule has 3 aromatic rings. The van der Waals surface area contributed by atoms with Crippen LogP contribution in [0.2, 0.25) is 5.02 Å². The van der Waals surface area contributed by atoms with Gasteiger partial charge in [-0.1, -0.05) is 54.1 Å². The Morgan fingerprint density at radius 2 is 1.76 bits per heavy atom. The number of ether oxygens (including phenoxy) is 2. The van der Waals surface area contributed by atoms with E-state index in [1.54, 1.807) is 0 Å². The first-order chi connectivity index (χ1) is 14.2. The number of hydrogen-bond donors (Lipinski definition) is 1. The van der Waals surface area contributed by atoms with Gasteiger partial charge < -0.3 is 14.8 Å². The second-order valence-electron chi connectivity index (χ2n) is 6.58. The van der Waals surface area contributed by atoms with Crippen molar-refractivity contribution in [2.45, 2.75) is 13.5 Å². The van der Waals surface area contributed by atoms with E-state index < -0.39 is 0 Å². The zero-order valence-corrected chi connectivity index (χ0v) is 16.7. The lowest BCUT2D eigenvalue weighted by Crippen LogP contribution is -2.03. The lowest BCUT2D eigenvalue weighted by molar-refractivity contribution is -0.110. The van der Waals surface area contributed by atoms with Crippen molar-refractivity contribution in [2.24, 2.45) is 0 Å². The molecule has 0 aromatic heterocycles. The number of rotatable bonds is 6. The number of benzene rings is 3. The quantitative estimate of drug-likeness (QED) is 0.526. The van der Waals surface area contributed by atoms with Gasteiger partial charge in [0.15, 0.2) is 11.5 Å². The molecule has 1 aliphatic rings. The smallest absolute Gasteiger partial charge is 0.256 e. The number of carbonyl (C=O) groups excluding carboxylic acids is 1. The summed E-state index contributed by atoms with van der Waals surface area (Å²) in [6, 6.07) is 20.9. The first-order valence-corrected chi connectivity index (χ1v) is 9.79. The summed E-state index contributed by atoms with van der Waals surface area (Å²) in [6.07, 6.45) is 1.86. The summed E-state index contributed by atoms with van der Waals surface area (Å²) in [4.78, 5) is 12.4. The van der Waals surface area contributed by atoms with Gasteiger partial charge in [0, 0.05) is 27.4 Å². The molecule has 0 unspecified atom stereocenters. The summed E-state index contributed by atoms with van der Waals surface area (Å²) in [5, 5.41) is 3.55. The Morgan fingerprint density at radius 1 is 0.966 bits per heavy atom. The normalized spacial score (nSPS) is 13.9. The molecule has 0 saturated heterocycles. The monoisotopic (exact) mass is 405 g/mol. The third-order valence-corrected chi connectivity index (χ3v) is 5.00. The van der Waals surface area contributed by atoms with Gasteiger partial charge >= 0.3 is 0 Å². The Kier molecular flexibility index (Phi) is 5.54. The maximum atomic E-state index is 12.4. The Bertz CT molecular complexity index is 1090. The first-order valence-electron chi connectivity index (χ1n) is 9.41. The number of hydrogen-bond acceptors (Lipinski definition) is 3. The maximum Gasteiger partial charge on any atom is 0.256 e. The molecule has 5 heteroatoms. The summed E-state index contributed by atoms with van der Waals surface area (Å²) in [6.45, 7) is 2.77. The number of amides is 1. The largest absolute Gasteiger partial charge is 0.490 e. The van der Waals surface area contributed by atoms with Crippen LogP contribution in [0.5, 0.6) is 11.5 Å². The summed E-state index contributed by atoms with van der Waals surface area (Å²) in [7, 11) is 0. The van der Waals surface area contributed by atoms with E-state index in [2.05, 4.69) is 5.32 Å². The van der Waals surface area contributed by atoms with E-state index in [1.165, 1.54) is 0 Å². The fourth-order valence-electron chi connectivity index (χ4n) is 3.22. The highest BCUT2D eigenvalue weighted by atomic mass is 35.5. The van der Waals surface area contributed by atoms with Gasteiger partial charge in [0.1, 0.15) is 6.61 Å². The molecule has 3 aromatic carbocycles. The van der Waals surface area contributed by atoms with Gasteiger partial charge in [-0.3, -0.25) is 4.79 Å². The second-order valence-corrected chi connectivity index (χ2v) is 6.98. The van der Waals surface area contributed by atoms with Crippen LogP contribution in [0.25, 0.3) is 11.6 Å². The van der Waals surface area contributed by atoms with Gasteiger partial charge in [-0.15, -0.1) is 0 Å². The third kappa shape index (κ3) is 4.13. The molecule has 0 atom stereocenters. The van der Waals surface area contributed by atoms with Crippen LogP contribution in [0.3, 0.4) is 0 Å². The van der Waals surface area contributed by atoms with Gasteiger partial charge in [0.25, 0.3) is 5.91 Å². The molecule has 1 amide bonds. The van der Waals surface area contributed by atoms with Crippen LogP contribution in [0.4, 0.5) is 5.69 Å². The molecule has 0 spiro atoms. The van der Waals surface area contributed by atoms with Crippen LogP contribution in [0.15, 0.2) is 66.7 Å². The van der Waals surface area contributed by atoms with Gasteiger partial charge in [-0.25, -0.2) is 0 Å². The van der Waals surface area contributed by atoms with E-state index in [1.807, 2.05) is 79.7 Å². The van der Waals surface area contributed by atoms with Crippen LogP contribution < -0.4 is 14.8 Å². The van der Waals surface area contributed by atoms with Crippen LogP contribution in [0, 0.1) is 0 Å². The molecule has 0 fully saturated rings. The molecular weight excluding hydrogens is 386 g/mol. The standard InChI is InChI=1S/C24H20ClNO3/c1-2-28-23-14-16(13-19-18-8-4-6-10-21(18)26-24(19)27)11-12-22(23)29-15-17-7-3-5-9-20(17)25/h3-14H,2,15H2,1H3,(H,26,27)/b19-13-. The van der Waals surface area contributed by atoms with Crippen molar-refractivity contribution < 1.29 is 14.3 Å². The molecule has 29 heavy (non-hydrogen) atoms. The van der Waals surface area contributed by atoms with Crippen molar-refractivity contribution in [1.82, 2.24) is 0 Å². The van der Waals surface area contributed by atoms with E-state index in [4.69, 9.17) is 21.1 Å². The SMILES string of the molecule is CCOc1cc(/C=C2\C(=O)Nc3ccccc32)ccc1OCc1ccccc1Cl. The fourth-order valence-corrected chi connectivity index (χ4v) is 3.41. The zero-order chi connectivity index (χ0) is 20.2. The summed E-state index contributed by atoms with van der Waals surface area (Å²) < 4.78 is 11.7. The number of halogens is 1. The molecule has 1 aliphatic heterocycles. The molecule has 146 valence electrons. The Balaban J connectivity index is 1.61. The van der Waals surface area contributed by atoms with Crippen molar-refractivity contribution in [1.29, 1.82) is 0 Å². The zero-order valence-electron chi connectivity index (χ0n) is 15.9. The number of anilines is 1. The lowest BCUT2D eigenvalue weighted by Gasteiger charge is -2.13. The number of nitrogens with one attached hydrogen (secondary N) is 1. The molecule has 4 nitrogen and oxygen atoms in total. The summed E-state index contributed by atoms with van der Waals surface area (Å²) in [5.74, 6) is 1.15. The molecular formula is C24H20ClNO3. The topological polar surface area (TPSA) is 47.6 Å². The average molecular weight is 406 g/mol. The van der Waals surface area contributed by atoms with Crippen LogP contribution in [-0.2, 0) is 11.4 Å². The van der Waals surface area contributed by atoms with E-state index in [9.17, 15) is 4.79 Å². The van der Waals surface area contributed by atoms with Crippen molar-refractivity contribution in [2.75, 3.05) is 11.9 Å². The number of fused-ring (bicyclic) bond motifs is 1. The predicted molar refractivity (Wildman–Crippen MR) is 116 cm³/mol. The van der Waals surface area contributed by atoms with Gasteiger partial charge in [0.2, 0.25) is 0 Å². The second kappa shape index (κ2) is 8.41. The maximum absolute atomic E-state index is 12.4. The van der Waals surface area contributed by atoms with Crippen molar-refractivity contribution >= 4 is 34.8 Å². The van der Waals surface area contributed by atoms with Crippen LogP contribution in [-0.4, -0.2) is 12.5 Å². The highest BCUT2D eigenvalue weighted by molar-refractivity contribution is 6.34. The number of para-hydroxylation sites is 1. The molecule has 0 radical (unpaired) electrons. The summed E-state index contributed by atoms with van der Waals surface area (Å²) in [5.41, 5.74) is 4.12. The van der Waals surface area contributed by atoms with Gasteiger partial charge in [-0.05, 0) is 42.8 Å². The van der Waals surface area contributed by atoms with Crippen LogP contribution >= 0.6 is 11.6 Å². The van der Waals surface area contributed by atoms with Gasteiger partial charge in [0.05, 0.1) is 6.61 Å².